The van der Waals surface area contributed by atoms with E-state index in [1.807, 2.05) is 0 Å². The van der Waals surface area contributed by atoms with Gasteiger partial charge in [-0.3, -0.25) is 29.5 Å². The van der Waals surface area contributed by atoms with Gasteiger partial charge in [0, 0.05) is 52.3 Å². The highest BCUT2D eigenvalue weighted by atomic mass is 35.7. The third-order valence-electron chi connectivity index (χ3n) is 7.98. The first-order valence-corrected chi connectivity index (χ1v) is 23.5. The van der Waals surface area contributed by atoms with Crippen LogP contribution in [0.5, 0.6) is 0 Å². The summed E-state index contributed by atoms with van der Waals surface area (Å²) in [5.41, 5.74) is 7.81. The predicted octanol–water partition coefficient (Wildman–Crippen LogP) is 6.83. The van der Waals surface area contributed by atoms with Gasteiger partial charge in [0.15, 0.2) is 11.6 Å². The number of nitrogen functional groups attached to an aromatic ring is 1. The number of ketones is 2. The van der Waals surface area contributed by atoms with Crippen LogP contribution in [-0.4, -0.2) is 74.0 Å². The number of sulfonamides is 2. The summed E-state index contributed by atoms with van der Waals surface area (Å²) in [4.78, 5) is 41.8. The fourth-order valence-corrected chi connectivity index (χ4v) is 10.5. The zero-order chi connectivity index (χ0) is 43.5. The summed E-state index contributed by atoms with van der Waals surface area (Å²) < 4.78 is 99.8. The van der Waals surface area contributed by atoms with Gasteiger partial charge in [-0.2, -0.15) is 3.71 Å². The highest BCUT2D eigenvalue weighted by Gasteiger charge is 2.34. The van der Waals surface area contributed by atoms with Crippen LogP contribution in [0, 0.1) is 11.6 Å². The summed E-state index contributed by atoms with van der Waals surface area (Å²) in [5.74, 6) is -3.42. The second-order valence-electron chi connectivity index (χ2n) is 12.7. The number of carbonyl (C=O) groups is 2. The van der Waals surface area contributed by atoms with E-state index in [1.165, 1.54) is 48.9 Å². The first-order chi connectivity index (χ1) is 27.8. The maximum atomic E-state index is 14.6. The monoisotopic (exact) mass is 888 g/mol. The van der Waals surface area contributed by atoms with Gasteiger partial charge in [-0.1, -0.05) is 20.8 Å². The molecule has 0 aliphatic rings. The Morgan fingerprint density at radius 2 is 0.983 bits per heavy atom. The lowest BCUT2D eigenvalue weighted by Gasteiger charge is -2.24. The van der Waals surface area contributed by atoms with E-state index >= 15 is 0 Å². The normalized spacial score (nSPS) is 11.6. The van der Waals surface area contributed by atoms with Crippen LogP contribution in [0.25, 0.3) is 22.1 Å². The molecule has 4 aromatic carbocycles. The molecule has 6 rings (SSSR count). The number of benzene rings is 4. The van der Waals surface area contributed by atoms with Crippen molar-refractivity contribution in [1.29, 1.82) is 0 Å². The highest BCUT2D eigenvalue weighted by Crippen LogP contribution is 2.28. The zero-order valence-corrected chi connectivity index (χ0v) is 35.1. The largest absolute Gasteiger partial charge is 0.399 e. The molecule has 0 atom stereocenters. The number of anilines is 2. The molecule has 2 N–H and O–H groups in total. The number of nitrogens with two attached hydrogens (primary N) is 1. The van der Waals surface area contributed by atoms with Crippen LogP contribution in [-0.2, 0) is 29.1 Å². The lowest BCUT2D eigenvalue weighted by molar-refractivity contribution is 0.102. The molecule has 0 saturated heterocycles. The number of fused-ring (bicyclic) bond motifs is 2. The minimum atomic E-state index is -4.26. The summed E-state index contributed by atoms with van der Waals surface area (Å²) in [6.07, 6.45) is 7.02. The topological polar surface area (TPSA) is 217 Å². The van der Waals surface area contributed by atoms with Crippen molar-refractivity contribution in [1.82, 2.24) is 19.9 Å². The van der Waals surface area contributed by atoms with E-state index in [9.17, 15) is 43.6 Å². The van der Waals surface area contributed by atoms with E-state index in [0.717, 1.165) is 18.2 Å². The second-order valence-corrected chi connectivity index (χ2v) is 19.7. The zero-order valence-electron chi connectivity index (χ0n) is 31.9. The first kappa shape index (κ1) is 46.2. The van der Waals surface area contributed by atoms with E-state index in [0.29, 0.717) is 43.4 Å². The van der Waals surface area contributed by atoms with Crippen LogP contribution in [0.1, 0.15) is 71.9 Å². The maximum Gasteiger partial charge on any atom is 0.248 e. The molecule has 6 aromatic rings. The van der Waals surface area contributed by atoms with Gasteiger partial charge in [0.05, 0.1) is 56.1 Å². The van der Waals surface area contributed by atoms with Gasteiger partial charge in [0.2, 0.25) is 29.1 Å². The molecule has 0 aliphatic carbocycles. The Kier molecular flexibility index (Phi) is 15.6. The van der Waals surface area contributed by atoms with Crippen LogP contribution >= 0.6 is 10.7 Å². The fourth-order valence-electron chi connectivity index (χ4n) is 5.46. The van der Waals surface area contributed by atoms with E-state index in [4.69, 9.17) is 16.4 Å². The molecule has 0 amide bonds. The number of aromatic nitrogens is 4. The van der Waals surface area contributed by atoms with Gasteiger partial charge < -0.3 is 5.73 Å². The van der Waals surface area contributed by atoms with Crippen molar-refractivity contribution in [2.75, 3.05) is 26.7 Å². The molecule has 14 nitrogen and oxygen atoms in total. The summed E-state index contributed by atoms with van der Waals surface area (Å²) in [7, 11) is -6.92. The third-order valence-corrected chi connectivity index (χ3v) is 14.0. The summed E-state index contributed by atoms with van der Waals surface area (Å²) in [5, 5.41) is 0. The van der Waals surface area contributed by atoms with Gasteiger partial charge in [-0.25, -0.2) is 34.0 Å². The second kappa shape index (κ2) is 20.0. The van der Waals surface area contributed by atoms with E-state index in [1.54, 1.807) is 51.2 Å². The van der Waals surface area contributed by atoms with E-state index < -0.39 is 69.4 Å². The molecule has 0 unspecified atom stereocenters. The molecule has 0 bridgehead atoms. The Morgan fingerprint density at radius 1 is 0.576 bits per heavy atom. The molecule has 2 aromatic heterocycles. The van der Waals surface area contributed by atoms with Crippen LogP contribution in [0.15, 0.2) is 97.6 Å². The molecule has 2 heterocycles. The first-order valence-electron chi connectivity index (χ1n) is 17.9. The van der Waals surface area contributed by atoms with Crippen LogP contribution in [0.2, 0.25) is 0 Å². The van der Waals surface area contributed by atoms with Crippen LogP contribution in [0.3, 0.4) is 0 Å². The number of rotatable bonds is 13. The maximum absolute atomic E-state index is 14.6. The molecule has 59 heavy (non-hydrogen) atoms. The van der Waals surface area contributed by atoms with Crippen LogP contribution < -0.4 is 9.44 Å². The minimum absolute atomic E-state index is 0.0479. The summed E-state index contributed by atoms with van der Waals surface area (Å²) >= 11 is 0. The van der Waals surface area contributed by atoms with E-state index in [-0.39, 0.29) is 35.4 Å². The van der Waals surface area contributed by atoms with Crippen molar-refractivity contribution >= 4 is 84.8 Å². The van der Waals surface area contributed by atoms with Gasteiger partial charge in [0.25, 0.3) is 0 Å². The Bertz CT molecular complexity index is 2800. The SMILES string of the molecule is CCCS(=O)(=O)Cl.CCCS(=O)(=O)N(c1ccc(F)c(C(=O)c2ccc3nccnc3c2)c1)S(=O)(=O)CCC.Nc1ccc(F)c(C(=O)c2ccc3nccnc3c2)c1. The standard InChI is InChI=1S/C21H22FN3O5S2.C15H10FN3O.C3H7ClO2S/c1-3-11-31(27,28)25(32(29,30)12-4-2)16-6-7-18(22)17(14-16)21(26)15-5-8-19-20(13-15)24-10-9-23-19;16-12-3-2-10(17)8-11(12)15(20)9-1-4-13-14(7-9)19-6-5-18-13;1-2-3-7(4,5)6/h5-10,13-14H,3-4,11-12H2,1-2H3;1-8H,17H2;2-3H2,1H3. The van der Waals surface area contributed by atoms with Gasteiger partial charge in [0.1, 0.15) is 11.6 Å². The van der Waals surface area contributed by atoms with Crippen molar-refractivity contribution in [2.45, 2.75) is 40.0 Å². The quantitative estimate of drug-likeness (QED) is 0.0715. The van der Waals surface area contributed by atoms with Gasteiger partial charge >= 0.3 is 0 Å². The number of hydrogen-bond donors (Lipinski definition) is 1. The molecule has 20 heteroatoms. The Balaban J connectivity index is 0.000000240. The van der Waals surface area contributed by atoms with E-state index in [2.05, 4.69) is 19.9 Å². The molecule has 312 valence electrons. The van der Waals surface area contributed by atoms with Crippen molar-refractivity contribution < 1.29 is 43.6 Å². The molecule has 0 spiro atoms. The molecular weight excluding hydrogens is 850 g/mol. The smallest absolute Gasteiger partial charge is 0.248 e. The lowest BCUT2D eigenvalue weighted by atomic mass is 10.0. The fraction of sp³-hybridized carbons (Fsp3) is 0.231. The molecule has 0 aliphatic heterocycles. The van der Waals surface area contributed by atoms with Gasteiger partial charge in [-0.15, -0.1) is 0 Å². The van der Waals surface area contributed by atoms with Crippen molar-refractivity contribution in [3.8, 4) is 0 Å². The highest BCUT2D eigenvalue weighted by molar-refractivity contribution is 8.13. The molecule has 0 saturated carbocycles. The molecular formula is C39H39ClF2N6O8S3. The third kappa shape index (κ3) is 12.3. The number of carbonyl (C=O) groups excluding carboxylic acids is 2. The lowest BCUT2D eigenvalue weighted by Crippen LogP contribution is -2.40. The van der Waals surface area contributed by atoms with Crippen LogP contribution in [0.4, 0.5) is 20.2 Å². The number of hydrogen-bond acceptors (Lipinski definition) is 13. The average Bonchev–Trinajstić information content (AvgIpc) is 3.18. The Morgan fingerprint density at radius 3 is 1.39 bits per heavy atom. The predicted molar refractivity (Wildman–Crippen MR) is 224 cm³/mol. The minimum Gasteiger partial charge on any atom is -0.399 e. The van der Waals surface area contributed by atoms with Crippen molar-refractivity contribution in [3.05, 3.63) is 131 Å². The van der Waals surface area contributed by atoms with Crippen molar-refractivity contribution in [2.24, 2.45) is 0 Å². The Labute approximate surface area is 345 Å². The Hall–Kier alpha value is -5.50. The number of nitrogens with zero attached hydrogens (tertiary/aromatic N) is 5. The summed E-state index contributed by atoms with van der Waals surface area (Å²) in [6, 6.07) is 16.1. The number of halogens is 3. The molecule has 0 radical (unpaired) electrons. The van der Waals surface area contributed by atoms with Crippen molar-refractivity contribution in [3.63, 3.8) is 0 Å². The summed E-state index contributed by atoms with van der Waals surface area (Å²) in [6.45, 7) is 4.97. The molecule has 0 fully saturated rings. The van der Waals surface area contributed by atoms with Gasteiger partial charge in [-0.05, 0) is 92.1 Å². The average molecular weight is 889 g/mol.